The maximum Gasteiger partial charge on any atom is 0.410 e. The zero-order valence-corrected chi connectivity index (χ0v) is 13.7. The average Bonchev–Trinajstić information content (AvgIpc) is 2.35. The molecule has 20 heavy (non-hydrogen) atoms. The molecule has 4 heteroatoms. The topological polar surface area (TPSA) is 41.6 Å². The lowest BCUT2D eigenvalue weighted by atomic mass is 9.60. The van der Waals surface area contributed by atoms with Crippen molar-refractivity contribution in [3.8, 4) is 0 Å². The predicted octanol–water partition coefficient (Wildman–Crippen LogP) is 2.88. The quantitative estimate of drug-likeness (QED) is 0.743. The fourth-order valence-corrected chi connectivity index (χ4v) is 3.94. The molecule has 2 heterocycles. The van der Waals surface area contributed by atoms with Crippen molar-refractivity contribution in [1.29, 1.82) is 0 Å². The van der Waals surface area contributed by atoms with Crippen molar-refractivity contribution < 1.29 is 9.53 Å². The Bertz CT molecular complexity index is 342. The summed E-state index contributed by atoms with van der Waals surface area (Å²) < 4.78 is 5.52. The zero-order chi connectivity index (χ0) is 15.0. The van der Waals surface area contributed by atoms with Crippen LogP contribution in [0.1, 0.15) is 47.5 Å². The van der Waals surface area contributed by atoms with E-state index >= 15 is 0 Å². The number of rotatable bonds is 0. The third-order valence-corrected chi connectivity index (χ3v) is 5.14. The van der Waals surface area contributed by atoms with Gasteiger partial charge in [-0.1, -0.05) is 13.8 Å². The lowest BCUT2D eigenvalue weighted by Crippen LogP contribution is -2.57. The van der Waals surface area contributed by atoms with Gasteiger partial charge in [-0.15, -0.1) is 0 Å². The van der Waals surface area contributed by atoms with Gasteiger partial charge in [-0.25, -0.2) is 4.79 Å². The molecule has 2 unspecified atom stereocenters. The minimum atomic E-state index is -0.409. The Balaban J connectivity index is 2.04. The van der Waals surface area contributed by atoms with Crippen LogP contribution in [-0.2, 0) is 4.74 Å². The van der Waals surface area contributed by atoms with Gasteiger partial charge in [0.1, 0.15) is 5.60 Å². The summed E-state index contributed by atoms with van der Waals surface area (Å²) in [6.07, 6.45) is 2.31. The first-order valence-corrected chi connectivity index (χ1v) is 7.93. The Morgan fingerprint density at radius 3 is 2.10 bits per heavy atom. The first kappa shape index (κ1) is 15.6. The molecule has 2 aliphatic heterocycles. The van der Waals surface area contributed by atoms with E-state index in [2.05, 4.69) is 19.2 Å². The SMILES string of the molecule is CC1CN(C(=O)OC(C)(C)C)CC(C)C12CCNCC2. The summed E-state index contributed by atoms with van der Waals surface area (Å²) in [5, 5.41) is 3.46. The maximum atomic E-state index is 12.3. The van der Waals surface area contributed by atoms with E-state index in [1.54, 1.807) is 0 Å². The van der Waals surface area contributed by atoms with E-state index in [9.17, 15) is 4.79 Å². The molecule has 2 fully saturated rings. The Morgan fingerprint density at radius 2 is 1.65 bits per heavy atom. The van der Waals surface area contributed by atoms with Crippen molar-refractivity contribution in [2.45, 2.75) is 53.1 Å². The van der Waals surface area contributed by atoms with Gasteiger partial charge in [0.2, 0.25) is 0 Å². The molecule has 2 rings (SSSR count). The average molecular weight is 282 g/mol. The van der Waals surface area contributed by atoms with Crippen molar-refractivity contribution in [2.24, 2.45) is 17.3 Å². The summed E-state index contributed by atoms with van der Waals surface area (Å²) in [6.45, 7) is 14.3. The molecule has 2 aliphatic rings. The van der Waals surface area contributed by atoms with E-state index in [-0.39, 0.29) is 6.09 Å². The third kappa shape index (κ3) is 3.11. The van der Waals surface area contributed by atoms with E-state index in [0.29, 0.717) is 17.3 Å². The van der Waals surface area contributed by atoms with E-state index in [1.807, 2.05) is 25.7 Å². The van der Waals surface area contributed by atoms with Crippen molar-refractivity contribution in [3.05, 3.63) is 0 Å². The molecule has 2 atom stereocenters. The smallest absolute Gasteiger partial charge is 0.410 e. The molecule has 0 aromatic carbocycles. The number of likely N-dealkylation sites (tertiary alicyclic amines) is 1. The highest BCUT2D eigenvalue weighted by molar-refractivity contribution is 5.68. The van der Waals surface area contributed by atoms with Crippen LogP contribution in [0.5, 0.6) is 0 Å². The van der Waals surface area contributed by atoms with Gasteiger partial charge in [-0.2, -0.15) is 0 Å². The fourth-order valence-electron chi connectivity index (χ4n) is 3.94. The summed E-state index contributed by atoms with van der Waals surface area (Å²) in [5.41, 5.74) is -0.00276. The van der Waals surface area contributed by atoms with Crippen LogP contribution < -0.4 is 5.32 Å². The van der Waals surface area contributed by atoms with Crippen LogP contribution in [0.2, 0.25) is 0 Å². The summed E-state index contributed by atoms with van der Waals surface area (Å²) >= 11 is 0. The van der Waals surface area contributed by atoms with Crippen molar-refractivity contribution in [2.75, 3.05) is 26.2 Å². The lowest BCUT2D eigenvalue weighted by Gasteiger charge is -2.53. The Kier molecular flexibility index (Phi) is 4.33. The van der Waals surface area contributed by atoms with Gasteiger partial charge in [0, 0.05) is 13.1 Å². The third-order valence-electron chi connectivity index (χ3n) is 5.14. The monoisotopic (exact) mass is 282 g/mol. The van der Waals surface area contributed by atoms with Crippen LogP contribution in [0.25, 0.3) is 0 Å². The minimum absolute atomic E-state index is 0.153. The van der Waals surface area contributed by atoms with E-state index < -0.39 is 5.60 Å². The van der Waals surface area contributed by atoms with Crippen LogP contribution in [0.3, 0.4) is 0 Å². The number of hydrogen-bond acceptors (Lipinski definition) is 3. The number of amides is 1. The molecule has 2 saturated heterocycles. The van der Waals surface area contributed by atoms with Gasteiger partial charge >= 0.3 is 6.09 Å². The van der Waals surface area contributed by atoms with Gasteiger partial charge in [-0.05, 0) is 64.0 Å². The van der Waals surface area contributed by atoms with Crippen LogP contribution >= 0.6 is 0 Å². The van der Waals surface area contributed by atoms with E-state index in [0.717, 1.165) is 26.2 Å². The van der Waals surface area contributed by atoms with E-state index in [1.165, 1.54) is 12.8 Å². The lowest BCUT2D eigenvalue weighted by molar-refractivity contribution is -0.0452. The largest absolute Gasteiger partial charge is 0.444 e. The van der Waals surface area contributed by atoms with Crippen LogP contribution in [0.4, 0.5) is 4.79 Å². The second-order valence-electron chi connectivity index (χ2n) is 7.67. The molecule has 116 valence electrons. The molecule has 1 amide bonds. The number of carbonyl (C=O) groups is 1. The molecular formula is C16H30N2O2. The molecule has 1 spiro atoms. The van der Waals surface area contributed by atoms with Crippen LogP contribution in [0.15, 0.2) is 0 Å². The Hall–Kier alpha value is -0.770. The highest BCUT2D eigenvalue weighted by Gasteiger charge is 2.47. The first-order chi connectivity index (χ1) is 9.24. The summed E-state index contributed by atoms with van der Waals surface area (Å²) in [4.78, 5) is 14.2. The van der Waals surface area contributed by atoms with Crippen LogP contribution in [0, 0.1) is 17.3 Å². The molecular weight excluding hydrogens is 252 g/mol. The molecule has 0 aromatic heterocycles. The second-order valence-corrected chi connectivity index (χ2v) is 7.67. The molecule has 0 aliphatic carbocycles. The first-order valence-electron chi connectivity index (χ1n) is 7.93. The number of carbonyl (C=O) groups excluding carboxylic acids is 1. The Morgan fingerprint density at radius 1 is 1.15 bits per heavy atom. The normalized spacial score (nSPS) is 30.4. The summed E-state index contributed by atoms with van der Waals surface area (Å²) in [5.74, 6) is 1.08. The van der Waals surface area contributed by atoms with Crippen molar-refractivity contribution >= 4 is 6.09 Å². The Labute approximate surface area is 123 Å². The number of ether oxygens (including phenoxy) is 1. The highest BCUT2D eigenvalue weighted by atomic mass is 16.6. The van der Waals surface area contributed by atoms with Crippen LogP contribution in [-0.4, -0.2) is 42.8 Å². The van der Waals surface area contributed by atoms with Gasteiger partial charge in [-0.3, -0.25) is 0 Å². The molecule has 4 nitrogen and oxygen atoms in total. The highest BCUT2D eigenvalue weighted by Crippen LogP contribution is 2.47. The zero-order valence-electron chi connectivity index (χ0n) is 13.7. The van der Waals surface area contributed by atoms with Crippen molar-refractivity contribution in [3.63, 3.8) is 0 Å². The molecule has 0 bridgehead atoms. The van der Waals surface area contributed by atoms with Crippen molar-refractivity contribution in [1.82, 2.24) is 10.2 Å². The molecule has 1 N–H and O–H groups in total. The second kappa shape index (κ2) is 5.55. The van der Waals surface area contributed by atoms with E-state index in [4.69, 9.17) is 4.74 Å². The maximum absolute atomic E-state index is 12.3. The van der Waals surface area contributed by atoms with Gasteiger partial charge in [0.05, 0.1) is 0 Å². The standard InChI is InChI=1S/C16H30N2O2/c1-12-10-18(14(19)20-15(3,4)5)11-13(2)16(12)6-8-17-9-7-16/h12-13,17H,6-11H2,1-5H3. The summed E-state index contributed by atoms with van der Waals surface area (Å²) in [7, 11) is 0. The fraction of sp³-hybridized carbons (Fsp3) is 0.938. The predicted molar refractivity (Wildman–Crippen MR) is 80.7 cm³/mol. The summed E-state index contributed by atoms with van der Waals surface area (Å²) in [6, 6.07) is 0. The molecule has 0 radical (unpaired) electrons. The van der Waals surface area contributed by atoms with Gasteiger partial charge < -0.3 is 15.0 Å². The van der Waals surface area contributed by atoms with Gasteiger partial charge in [0.25, 0.3) is 0 Å². The molecule has 0 aromatic rings. The number of hydrogen-bond donors (Lipinski definition) is 1. The number of nitrogens with one attached hydrogen (secondary N) is 1. The molecule has 0 saturated carbocycles. The number of nitrogens with zero attached hydrogens (tertiary/aromatic N) is 1. The minimum Gasteiger partial charge on any atom is -0.444 e. The number of piperidine rings is 2. The van der Waals surface area contributed by atoms with Gasteiger partial charge in [0.15, 0.2) is 0 Å².